The summed E-state index contributed by atoms with van der Waals surface area (Å²) in [6.45, 7) is 4.56. The molecule has 1 N–H and O–H groups in total. The fourth-order valence-corrected chi connectivity index (χ4v) is 2.90. The molecule has 124 valence electrons. The van der Waals surface area contributed by atoms with Gasteiger partial charge >= 0.3 is 0 Å². The van der Waals surface area contributed by atoms with Crippen molar-refractivity contribution in [3.63, 3.8) is 0 Å². The molecule has 4 nitrogen and oxygen atoms in total. The highest BCUT2D eigenvalue weighted by Gasteiger charge is 2.49. The Hall–Kier alpha value is -2.62. The maximum absolute atomic E-state index is 12.7. The minimum atomic E-state index is -0.225. The summed E-state index contributed by atoms with van der Waals surface area (Å²) >= 11 is 0. The van der Waals surface area contributed by atoms with Crippen LogP contribution in [0.3, 0.4) is 0 Å². The van der Waals surface area contributed by atoms with Crippen LogP contribution in [0.5, 0.6) is 0 Å². The Morgan fingerprint density at radius 1 is 1.04 bits per heavy atom. The van der Waals surface area contributed by atoms with Gasteiger partial charge in [-0.3, -0.25) is 9.59 Å². The number of benzene rings is 2. The van der Waals surface area contributed by atoms with Crippen LogP contribution in [0.2, 0.25) is 0 Å². The Balaban J connectivity index is 1.62. The lowest BCUT2D eigenvalue weighted by Gasteiger charge is -2.21. The van der Waals surface area contributed by atoms with E-state index in [1.165, 1.54) is 0 Å². The molecule has 1 saturated carbocycles. The van der Waals surface area contributed by atoms with E-state index in [4.69, 9.17) is 0 Å². The van der Waals surface area contributed by atoms with Gasteiger partial charge in [-0.25, -0.2) is 0 Å². The molecule has 1 aliphatic rings. The number of carbonyl (C=O) groups is 2. The first-order valence-corrected chi connectivity index (χ1v) is 8.34. The van der Waals surface area contributed by atoms with Crippen molar-refractivity contribution < 1.29 is 9.59 Å². The third-order valence-electron chi connectivity index (χ3n) is 4.41. The van der Waals surface area contributed by atoms with Gasteiger partial charge in [0.15, 0.2) is 0 Å². The number of hydrogen-bond donors (Lipinski definition) is 1. The van der Waals surface area contributed by atoms with Gasteiger partial charge in [0.2, 0.25) is 11.8 Å². The molecule has 1 aliphatic carbocycles. The molecule has 2 atom stereocenters. The van der Waals surface area contributed by atoms with Crippen LogP contribution in [0.4, 0.5) is 11.4 Å². The van der Waals surface area contributed by atoms with Crippen LogP contribution in [-0.2, 0) is 9.59 Å². The van der Waals surface area contributed by atoms with E-state index in [-0.39, 0.29) is 23.7 Å². The fourth-order valence-electron chi connectivity index (χ4n) is 2.90. The lowest BCUT2D eigenvalue weighted by Crippen LogP contribution is -2.33. The lowest BCUT2D eigenvalue weighted by atomic mass is 10.2. The van der Waals surface area contributed by atoms with Gasteiger partial charge in [-0.05, 0) is 44.5 Å². The molecule has 3 rings (SSSR count). The third kappa shape index (κ3) is 3.48. The van der Waals surface area contributed by atoms with E-state index < -0.39 is 0 Å². The highest BCUT2D eigenvalue weighted by molar-refractivity contribution is 6.04. The number of nitrogens with one attached hydrogen (secondary N) is 1. The lowest BCUT2D eigenvalue weighted by molar-refractivity contribution is -0.123. The van der Waals surface area contributed by atoms with Crippen molar-refractivity contribution in [2.24, 2.45) is 11.8 Å². The summed E-state index contributed by atoms with van der Waals surface area (Å²) in [6, 6.07) is 17.3. The molecule has 2 unspecified atom stereocenters. The maximum atomic E-state index is 12.7. The first-order valence-electron chi connectivity index (χ1n) is 8.34. The number of rotatable bonds is 5. The smallest absolute Gasteiger partial charge is 0.230 e. The Bertz CT molecular complexity index is 725. The van der Waals surface area contributed by atoms with Crippen LogP contribution in [0.1, 0.15) is 18.9 Å². The van der Waals surface area contributed by atoms with Crippen molar-refractivity contribution in [3.05, 3.63) is 60.2 Å². The average molecular weight is 322 g/mol. The summed E-state index contributed by atoms with van der Waals surface area (Å²) in [5.41, 5.74) is 2.81. The number of aryl methyl sites for hydroxylation is 1. The number of anilines is 2. The van der Waals surface area contributed by atoms with E-state index in [2.05, 4.69) is 5.32 Å². The minimum absolute atomic E-state index is 0.0350. The van der Waals surface area contributed by atoms with Crippen molar-refractivity contribution in [2.75, 3.05) is 16.8 Å². The molecular weight excluding hydrogens is 300 g/mol. The standard InChI is InChI=1S/C20H22N2O2/c1-3-22(16-7-5-4-6-8-16)20(24)18-13-17(18)19(23)21-15-11-9-14(2)10-12-15/h4-12,17-18H,3,13H2,1-2H3,(H,21,23). The van der Waals surface area contributed by atoms with Crippen LogP contribution in [0, 0.1) is 18.8 Å². The molecule has 2 aromatic rings. The molecule has 0 radical (unpaired) electrons. The molecule has 0 aliphatic heterocycles. The normalized spacial score (nSPS) is 18.8. The van der Waals surface area contributed by atoms with Crippen LogP contribution >= 0.6 is 0 Å². The molecule has 0 bridgehead atoms. The molecule has 1 fully saturated rings. The zero-order valence-corrected chi connectivity index (χ0v) is 14.0. The second-order valence-electron chi connectivity index (χ2n) is 6.22. The Kier molecular flexibility index (Phi) is 4.65. The average Bonchev–Trinajstić information content (AvgIpc) is 3.39. The number of nitrogens with zero attached hydrogens (tertiary/aromatic N) is 1. The molecule has 4 heteroatoms. The Labute approximate surface area is 142 Å². The maximum Gasteiger partial charge on any atom is 0.230 e. The molecule has 2 amide bonds. The van der Waals surface area contributed by atoms with Gasteiger partial charge in [-0.1, -0.05) is 35.9 Å². The van der Waals surface area contributed by atoms with Crippen molar-refractivity contribution in [3.8, 4) is 0 Å². The second-order valence-corrected chi connectivity index (χ2v) is 6.22. The molecule has 24 heavy (non-hydrogen) atoms. The van der Waals surface area contributed by atoms with E-state index in [0.29, 0.717) is 13.0 Å². The quantitative estimate of drug-likeness (QED) is 0.914. The SMILES string of the molecule is CCN(C(=O)C1CC1C(=O)Nc1ccc(C)cc1)c1ccccc1. The molecule has 0 aromatic heterocycles. The zero-order valence-electron chi connectivity index (χ0n) is 14.0. The van der Waals surface area contributed by atoms with Crippen molar-refractivity contribution >= 4 is 23.2 Å². The van der Waals surface area contributed by atoms with Crippen LogP contribution in [0.25, 0.3) is 0 Å². The van der Waals surface area contributed by atoms with E-state index in [1.54, 1.807) is 4.90 Å². The molecule has 0 heterocycles. The predicted octanol–water partition coefficient (Wildman–Crippen LogP) is 3.62. The molecule has 2 aromatic carbocycles. The van der Waals surface area contributed by atoms with Gasteiger partial charge in [0, 0.05) is 17.9 Å². The van der Waals surface area contributed by atoms with Gasteiger partial charge in [0.25, 0.3) is 0 Å². The number of hydrogen-bond acceptors (Lipinski definition) is 2. The summed E-state index contributed by atoms with van der Waals surface area (Å²) in [7, 11) is 0. The van der Waals surface area contributed by atoms with Crippen molar-refractivity contribution in [1.29, 1.82) is 0 Å². The predicted molar refractivity (Wildman–Crippen MR) is 95.9 cm³/mol. The van der Waals surface area contributed by atoms with Gasteiger partial charge in [-0.2, -0.15) is 0 Å². The van der Waals surface area contributed by atoms with Gasteiger partial charge in [-0.15, -0.1) is 0 Å². The second kappa shape index (κ2) is 6.87. The number of carbonyl (C=O) groups excluding carboxylic acids is 2. The minimum Gasteiger partial charge on any atom is -0.326 e. The Morgan fingerprint density at radius 2 is 1.71 bits per heavy atom. The van der Waals surface area contributed by atoms with Crippen LogP contribution < -0.4 is 10.2 Å². The van der Waals surface area contributed by atoms with Crippen LogP contribution in [0.15, 0.2) is 54.6 Å². The summed E-state index contributed by atoms with van der Waals surface area (Å²) in [5, 5.41) is 2.90. The van der Waals surface area contributed by atoms with Crippen molar-refractivity contribution in [2.45, 2.75) is 20.3 Å². The van der Waals surface area contributed by atoms with Gasteiger partial charge in [0.1, 0.15) is 0 Å². The van der Waals surface area contributed by atoms with E-state index in [9.17, 15) is 9.59 Å². The Morgan fingerprint density at radius 3 is 2.33 bits per heavy atom. The summed E-state index contributed by atoms with van der Waals surface area (Å²) in [4.78, 5) is 26.8. The first-order chi connectivity index (χ1) is 11.6. The molecular formula is C20H22N2O2. The highest BCUT2D eigenvalue weighted by atomic mass is 16.2. The molecule has 0 saturated heterocycles. The zero-order chi connectivity index (χ0) is 17.1. The van der Waals surface area contributed by atoms with E-state index in [1.807, 2.05) is 68.4 Å². The fraction of sp³-hybridized carbons (Fsp3) is 0.300. The summed E-state index contributed by atoms with van der Waals surface area (Å²) in [6.07, 6.45) is 0.625. The van der Waals surface area contributed by atoms with E-state index >= 15 is 0 Å². The van der Waals surface area contributed by atoms with Crippen molar-refractivity contribution in [1.82, 2.24) is 0 Å². The molecule has 0 spiro atoms. The number of amides is 2. The van der Waals surface area contributed by atoms with E-state index in [0.717, 1.165) is 16.9 Å². The monoisotopic (exact) mass is 322 g/mol. The number of para-hydroxylation sites is 1. The summed E-state index contributed by atoms with van der Waals surface area (Å²) in [5.74, 6) is -0.471. The van der Waals surface area contributed by atoms with Gasteiger partial charge in [0.05, 0.1) is 11.8 Å². The largest absolute Gasteiger partial charge is 0.326 e. The van der Waals surface area contributed by atoms with Crippen LogP contribution in [-0.4, -0.2) is 18.4 Å². The third-order valence-corrected chi connectivity index (χ3v) is 4.41. The van der Waals surface area contributed by atoms with Gasteiger partial charge < -0.3 is 10.2 Å². The summed E-state index contributed by atoms with van der Waals surface area (Å²) < 4.78 is 0. The highest BCUT2D eigenvalue weighted by Crippen LogP contribution is 2.41. The topological polar surface area (TPSA) is 49.4 Å². The first kappa shape index (κ1) is 16.2.